The maximum atomic E-state index is 15.5. The molecule has 0 N–H and O–H groups in total. The fourth-order valence-corrected chi connectivity index (χ4v) is 5.55. The number of hydrogen-bond acceptors (Lipinski definition) is 6. The summed E-state index contributed by atoms with van der Waals surface area (Å²) in [6.45, 7) is 0. The Balaban J connectivity index is 1.64. The summed E-state index contributed by atoms with van der Waals surface area (Å²) in [6, 6.07) is 9.86. The zero-order valence-corrected chi connectivity index (χ0v) is 17.9. The zero-order valence-electron chi connectivity index (χ0n) is 16.2. The van der Waals surface area contributed by atoms with Gasteiger partial charge in [-0.3, -0.25) is 0 Å². The minimum atomic E-state index is -1.26. The number of hydrogen-bond donors (Lipinski definition) is 0. The van der Waals surface area contributed by atoms with E-state index in [0.717, 1.165) is 4.46 Å². The second-order valence-corrected chi connectivity index (χ2v) is 9.33. The quantitative estimate of drug-likeness (QED) is 0.315. The number of rotatable bonds is 6. The molecule has 10 heteroatoms. The molecule has 0 bridgehead atoms. The number of nitrogens with zero attached hydrogens (tertiary/aromatic N) is 6. The van der Waals surface area contributed by atoms with Gasteiger partial charge in [-0.25, -0.2) is 0 Å². The molecule has 1 aromatic carbocycles. The van der Waals surface area contributed by atoms with Gasteiger partial charge >= 0.3 is 174 Å². The third-order valence-corrected chi connectivity index (χ3v) is 7.13. The van der Waals surface area contributed by atoms with Gasteiger partial charge in [0.05, 0.1) is 0 Å². The molecule has 0 saturated carbocycles. The molecule has 4 atom stereocenters. The molecule has 152 valence electrons. The fourth-order valence-electron chi connectivity index (χ4n) is 3.08. The molecule has 0 unspecified atom stereocenters. The summed E-state index contributed by atoms with van der Waals surface area (Å²) in [5.74, 6) is 0.421. The molecule has 3 heterocycles. The number of alkyl halides is 1. The number of methoxy groups -OCH3 is 1. The Labute approximate surface area is 173 Å². The van der Waals surface area contributed by atoms with Gasteiger partial charge in [0.1, 0.15) is 0 Å². The SMILES string of the molecule is CO[C@H]1O[C@@H](n2cnc3c(/N=C/N(C)C)ncnc32)[C@@H](F)[C@@H]1[Se]c1ccccc1. The number of ether oxygens (including phenoxy) is 2. The third kappa shape index (κ3) is 4.02. The monoisotopic (exact) mass is 464 g/mol. The molecule has 2 aromatic heterocycles. The molecular formula is C19H21FN6O2Se. The summed E-state index contributed by atoms with van der Waals surface area (Å²) in [4.78, 5) is 18.5. The number of aromatic nitrogens is 4. The van der Waals surface area contributed by atoms with Crippen LogP contribution in [0.2, 0.25) is 4.82 Å². The molecule has 1 fully saturated rings. The first kappa shape index (κ1) is 19.9. The summed E-state index contributed by atoms with van der Waals surface area (Å²) >= 11 is -0.150. The maximum absolute atomic E-state index is 15.5. The van der Waals surface area contributed by atoms with Crippen molar-refractivity contribution in [1.29, 1.82) is 0 Å². The van der Waals surface area contributed by atoms with E-state index < -0.39 is 18.7 Å². The van der Waals surface area contributed by atoms with Crippen LogP contribution in [0, 0.1) is 0 Å². The van der Waals surface area contributed by atoms with Crippen LogP contribution in [0.3, 0.4) is 0 Å². The Morgan fingerprint density at radius 2 is 2.03 bits per heavy atom. The molecule has 29 heavy (non-hydrogen) atoms. The summed E-state index contributed by atoms with van der Waals surface area (Å²) in [6.07, 6.45) is 1.77. The topological polar surface area (TPSA) is 77.7 Å². The average Bonchev–Trinajstić information content (AvgIpc) is 3.29. The first-order valence-electron chi connectivity index (χ1n) is 9.00. The second kappa shape index (κ2) is 8.54. The van der Waals surface area contributed by atoms with Gasteiger partial charge in [-0.1, -0.05) is 0 Å². The first-order valence-corrected chi connectivity index (χ1v) is 10.8. The van der Waals surface area contributed by atoms with Crippen LogP contribution < -0.4 is 4.46 Å². The van der Waals surface area contributed by atoms with Crippen molar-refractivity contribution in [1.82, 2.24) is 24.4 Å². The van der Waals surface area contributed by atoms with E-state index in [2.05, 4.69) is 19.9 Å². The van der Waals surface area contributed by atoms with Crippen molar-refractivity contribution in [3.63, 3.8) is 0 Å². The molecular weight excluding hydrogens is 442 g/mol. The number of fused-ring (bicyclic) bond motifs is 1. The number of benzene rings is 1. The molecule has 8 nitrogen and oxygen atoms in total. The van der Waals surface area contributed by atoms with Gasteiger partial charge in [-0.15, -0.1) is 0 Å². The second-order valence-electron chi connectivity index (χ2n) is 6.70. The van der Waals surface area contributed by atoms with E-state index in [1.54, 1.807) is 15.8 Å². The van der Waals surface area contributed by atoms with Crippen LogP contribution >= 0.6 is 0 Å². The standard InChI is InChI=1S/C19H21FN6O2Se/c1-25(2)10-24-16-14-17(22-9-21-16)26(11-23-14)18-13(20)15(19(27-3)28-18)29-12-7-5-4-6-8-12/h4-11,13,15,18-19H,1-3H3/b24-10+/t13-,15-,18+,19-/m0/s1. The van der Waals surface area contributed by atoms with Gasteiger partial charge in [0, 0.05) is 0 Å². The van der Waals surface area contributed by atoms with Gasteiger partial charge in [0.25, 0.3) is 0 Å². The summed E-state index contributed by atoms with van der Waals surface area (Å²) in [5.41, 5.74) is 0.966. The van der Waals surface area contributed by atoms with Gasteiger partial charge < -0.3 is 0 Å². The van der Waals surface area contributed by atoms with E-state index in [1.807, 2.05) is 44.4 Å². The number of imidazole rings is 1. The molecule has 0 radical (unpaired) electrons. The minimum absolute atomic E-state index is 0.150. The van der Waals surface area contributed by atoms with Crippen LogP contribution in [-0.2, 0) is 9.47 Å². The van der Waals surface area contributed by atoms with Crippen molar-refractivity contribution < 1.29 is 13.9 Å². The molecule has 1 aliphatic rings. The Hall–Kier alpha value is -2.39. The van der Waals surface area contributed by atoms with E-state index in [0.29, 0.717) is 17.0 Å². The molecule has 1 saturated heterocycles. The summed E-state index contributed by atoms with van der Waals surface area (Å²) in [7, 11) is 5.26. The Bertz CT molecular complexity index is 999. The normalized spacial score (nSPS) is 24.6. The fraction of sp³-hybridized carbons (Fsp3) is 0.368. The molecule has 0 amide bonds. The van der Waals surface area contributed by atoms with Crippen molar-refractivity contribution in [2.75, 3.05) is 21.2 Å². The Kier molecular flexibility index (Phi) is 5.86. The van der Waals surface area contributed by atoms with Crippen molar-refractivity contribution >= 4 is 42.7 Å². The van der Waals surface area contributed by atoms with Crippen molar-refractivity contribution in [3.05, 3.63) is 43.0 Å². The van der Waals surface area contributed by atoms with Crippen LogP contribution in [0.25, 0.3) is 11.2 Å². The molecule has 4 rings (SSSR count). The van der Waals surface area contributed by atoms with E-state index in [1.165, 1.54) is 19.8 Å². The average molecular weight is 463 g/mol. The van der Waals surface area contributed by atoms with Gasteiger partial charge in [0.2, 0.25) is 0 Å². The molecule has 0 aliphatic carbocycles. The van der Waals surface area contributed by atoms with Crippen molar-refractivity contribution in [2.24, 2.45) is 4.99 Å². The van der Waals surface area contributed by atoms with Crippen LogP contribution in [0.4, 0.5) is 10.2 Å². The zero-order chi connectivity index (χ0) is 20.4. The van der Waals surface area contributed by atoms with Crippen molar-refractivity contribution in [2.45, 2.75) is 23.5 Å². The van der Waals surface area contributed by atoms with Gasteiger partial charge in [-0.05, 0) is 0 Å². The third-order valence-electron chi connectivity index (χ3n) is 4.40. The summed E-state index contributed by atoms with van der Waals surface area (Å²) in [5, 5.41) is 0. The van der Waals surface area contributed by atoms with E-state index in [-0.39, 0.29) is 19.8 Å². The van der Waals surface area contributed by atoms with Crippen LogP contribution in [0.1, 0.15) is 6.23 Å². The van der Waals surface area contributed by atoms with E-state index in [4.69, 9.17) is 9.47 Å². The van der Waals surface area contributed by atoms with E-state index >= 15 is 4.39 Å². The van der Waals surface area contributed by atoms with Crippen LogP contribution in [0.15, 0.2) is 48.0 Å². The van der Waals surface area contributed by atoms with Crippen molar-refractivity contribution in [3.8, 4) is 0 Å². The Morgan fingerprint density at radius 1 is 1.24 bits per heavy atom. The predicted molar refractivity (Wildman–Crippen MR) is 109 cm³/mol. The molecule has 1 aliphatic heterocycles. The molecule has 0 spiro atoms. The van der Waals surface area contributed by atoms with Gasteiger partial charge in [0.15, 0.2) is 0 Å². The predicted octanol–water partition coefficient (Wildman–Crippen LogP) is 1.71. The summed E-state index contributed by atoms with van der Waals surface area (Å²) < 4.78 is 29.6. The Morgan fingerprint density at radius 3 is 2.76 bits per heavy atom. The molecule has 3 aromatic rings. The van der Waals surface area contributed by atoms with Crippen LogP contribution in [-0.4, -0.2) is 79.4 Å². The van der Waals surface area contributed by atoms with E-state index in [9.17, 15) is 0 Å². The van der Waals surface area contributed by atoms with Crippen LogP contribution in [0.5, 0.6) is 0 Å². The number of aliphatic imine (C=N–C) groups is 1. The van der Waals surface area contributed by atoms with Gasteiger partial charge in [-0.2, -0.15) is 0 Å². The number of halogens is 1. The first-order chi connectivity index (χ1) is 14.1.